The van der Waals surface area contributed by atoms with E-state index >= 15 is 0 Å². The summed E-state index contributed by atoms with van der Waals surface area (Å²) in [5, 5.41) is 7.64. The van der Waals surface area contributed by atoms with Crippen molar-refractivity contribution in [1.29, 1.82) is 0 Å². The van der Waals surface area contributed by atoms with Gasteiger partial charge in [0.05, 0.1) is 13.7 Å². The second kappa shape index (κ2) is 6.65. The molecule has 0 amide bonds. The molecule has 0 radical (unpaired) electrons. The third kappa shape index (κ3) is 3.44. The fourth-order valence-electron chi connectivity index (χ4n) is 1.85. The van der Waals surface area contributed by atoms with Gasteiger partial charge in [0.1, 0.15) is 5.69 Å². The number of hydrogen-bond donors (Lipinski definition) is 3. The lowest BCUT2D eigenvalue weighted by atomic mass is 10.2. The van der Waals surface area contributed by atoms with Gasteiger partial charge in [-0.2, -0.15) is 0 Å². The van der Waals surface area contributed by atoms with Crippen LogP contribution in [0.5, 0.6) is 11.5 Å². The minimum absolute atomic E-state index is 0.215. The lowest BCUT2D eigenvalue weighted by molar-refractivity contribution is 0.310. The molecular formula is C14H17N3O4. The normalized spacial score (nSPS) is 10.2. The van der Waals surface area contributed by atoms with Crippen LogP contribution in [-0.4, -0.2) is 23.9 Å². The van der Waals surface area contributed by atoms with Crippen molar-refractivity contribution >= 4 is 5.69 Å². The SMILES string of the molecule is CCOc1cc(CNc2c[nH][nH]c(=O)c2=O)ccc1OC. The summed E-state index contributed by atoms with van der Waals surface area (Å²) >= 11 is 0. The summed E-state index contributed by atoms with van der Waals surface area (Å²) in [6.45, 7) is 2.80. The van der Waals surface area contributed by atoms with Gasteiger partial charge in [-0.1, -0.05) is 6.07 Å². The molecule has 1 heterocycles. The number of H-pyrrole nitrogens is 2. The molecule has 0 unspecified atom stereocenters. The van der Waals surface area contributed by atoms with Crippen LogP contribution < -0.4 is 25.8 Å². The van der Waals surface area contributed by atoms with E-state index in [4.69, 9.17) is 9.47 Å². The highest BCUT2D eigenvalue weighted by Crippen LogP contribution is 2.28. The van der Waals surface area contributed by atoms with Crippen LogP contribution in [0, 0.1) is 0 Å². The predicted molar refractivity (Wildman–Crippen MR) is 79.2 cm³/mol. The Kier molecular flexibility index (Phi) is 4.65. The van der Waals surface area contributed by atoms with E-state index in [0.717, 1.165) is 5.56 Å². The molecule has 7 heteroatoms. The van der Waals surface area contributed by atoms with Gasteiger partial charge >= 0.3 is 5.56 Å². The van der Waals surface area contributed by atoms with Crippen LogP contribution in [0.1, 0.15) is 12.5 Å². The molecule has 0 aliphatic rings. The first-order valence-electron chi connectivity index (χ1n) is 6.49. The summed E-state index contributed by atoms with van der Waals surface area (Å²) in [6, 6.07) is 5.48. The third-order valence-electron chi connectivity index (χ3n) is 2.86. The maximum atomic E-state index is 11.6. The van der Waals surface area contributed by atoms with Crippen molar-refractivity contribution in [3.05, 3.63) is 50.5 Å². The van der Waals surface area contributed by atoms with E-state index in [9.17, 15) is 9.59 Å². The fourth-order valence-corrected chi connectivity index (χ4v) is 1.85. The van der Waals surface area contributed by atoms with Crippen LogP contribution in [0.25, 0.3) is 0 Å². The van der Waals surface area contributed by atoms with Crippen molar-refractivity contribution in [3.63, 3.8) is 0 Å². The van der Waals surface area contributed by atoms with Gasteiger partial charge in [0.25, 0.3) is 5.43 Å². The summed E-state index contributed by atoms with van der Waals surface area (Å²) in [6.07, 6.45) is 1.41. The molecule has 112 valence electrons. The second-order valence-corrected chi connectivity index (χ2v) is 4.26. The topological polar surface area (TPSA) is 96.2 Å². The van der Waals surface area contributed by atoms with Crippen LogP contribution in [-0.2, 0) is 6.54 Å². The third-order valence-corrected chi connectivity index (χ3v) is 2.86. The molecule has 0 fully saturated rings. The van der Waals surface area contributed by atoms with Gasteiger partial charge in [0.15, 0.2) is 11.5 Å². The predicted octanol–water partition coefficient (Wildman–Crippen LogP) is 1.08. The van der Waals surface area contributed by atoms with Gasteiger partial charge in [-0.25, -0.2) is 0 Å². The van der Waals surface area contributed by atoms with Crippen molar-refractivity contribution in [2.75, 3.05) is 19.0 Å². The molecular weight excluding hydrogens is 274 g/mol. The fraction of sp³-hybridized carbons (Fsp3) is 0.286. The van der Waals surface area contributed by atoms with E-state index < -0.39 is 11.0 Å². The van der Waals surface area contributed by atoms with Crippen molar-refractivity contribution in [2.45, 2.75) is 13.5 Å². The molecule has 1 aromatic heterocycles. The van der Waals surface area contributed by atoms with Crippen molar-refractivity contribution in [3.8, 4) is 11.5 Å². The zero-order valence-corrected chi connectivity index (χ0v) is 11.9. The van der Waals surface area contributed by atoms with Crippen LogP contribution in [0.15, 0.2) is 34.0 Å². The van der Waals surface area contributed by atoms with Crippen molar-refractivity contribution in [1.82, 2.24) is 10.2 Å². The molecule has 0 saturated heterocycles. The van der Waals surface area contributed by atoms with Crippen molar-refractivity contribution < 1.29 is 9.47 Å². The Morgan fingerprint density at radius 2 is 2.05 bits per heavy atom. The van der Waals surface area contributed by atoms with Crippen LogP contribution in [0.4, 0.5) is 5.69 Å². The summed E-state index contributed by atoms with van der Waals surface area (Å²) in [5.74, 6) is 1.29. The standard InChI is InChI=1S/C14H17N3O4/c1-3-21-12-6-9(4-5-11(12)20-2)7-15-10-8-16-17-14(19)13(10)18/h4-6,8H,3,7H2,1-2H3,(H,16,18)(H2,15,17,19). The van der Waals surface area contributed by atoms with E-state index in [2.05, 4.69) is 15.5 Å². The quantitative estimate of drug-likeness (QED) is 0.692. The Morgan fingerprint density at radius 1 is 1.24 bits per heavy atom. The number of benzene rings is 1. The first-order valence-corrected chi connectivity index (χ1v) is 6.49. The smallest absolute Gasteiger partial charge is 0.312 e. The number of aromatic nitrogens is 2. The van der Waals surface area contributed by atoms with Crippen LogP contribution in [0.2, 0.25) is 0 Å². The molecule has 7 nitrogen and oxygen atoms in total. The molecule has 3 N–H and O–H groups in total. The summed E-state index contributed by atoms with van der Waals surface area (Å²) in [5.41, 5.74) is -0.177. The highest BCUT2D eigenvalue weighted by Gasteiger charge is 2.07. The molecule has 21 heavy (non-hydrogen) atoms. The maximum Gasteiger partial charge on any atom is 0.312 e. The first kappa shape index (κ1) is 14.7. The number of rotatable bonds is 6. The zero-order valence-electron chi connectivity index (χ0n) is 11.9. The molecule has 2 rings (SSSR count). The van der Waals surface area contributed by atoms with Gasteiger partial charge in [-0.05, 0) is 24.6 Å². The summed E-state index contributed by atoms with van der Waals surface area (Å²) < 4.78 is 10.7. The van der Waals surface area contributed by atoms with Crippen molar-refractivity contribution in [2.24, 2.45) is 0 Å². The number of nitrogens with one attached hydrogen (secondary N) is 3. The highest BCUT2D eigenvalue weighted by molar-refractivity contribution is 5.45. The molecule has 1 aromatic carbocycles. The summed E-state index contributed by atoms with van der Waals surface area (Å²) in [4.78, 5) is 22.8. The number of anilines is 1. The minimum Gasteiger partial charge on any atom is -0.493 e. The highest BCUT2D eigenvalue weighted by atomic mass is 16.5. The minimum atomic E-state index is -0.690. The second-order valence-electron chi connectivity index (χ2n) is 4.26. The van der Waals surface area contributed by atoms with E-state index in [0.29, 0.717) is 24.7 Å². The van der Waals surface area contributed by atoms with Gasteiger partial charge in [-0.15, -0.1) is 0 Å². The first-order chi connectivity index (χ1) is 10.2. The number of aromatic amines is 2. The lowest BCUT2D eigenvalue weighted by Gasteiger charge is -2.11. The number of methoxy groups -OCH3 is 1. The van der Waals surface area contributed by atoms with E-state index in [1.165, 1.54) is 6.20 Å². The Labute approximate surface area is 120 Å². The molecule has 0 aliphatic heterocycles. The maximum absolute atomic E-state index is 11.6. The summed E-state index contributed by atoms with van der Waals surface area (Å²) in [7, 11) is 1.57. The van der Waals surface area contributed by atoms with Gasteiger partial charge in [0, 0.05) is 12.7 Å². The van der Waals surface area contributed by atoms with Crippen LogP contribution in [0.3, 0.4) is 0 Å². The van der Waals surface area contributed by atoms with E-state index in [1.54, 1.807) is 13.2 Å². The largest absolute Gasteiger partial charge is 0.493 e. The molecule has 2 aromatic rings. The van der Waals surface area contributed by atoms with Gasteiger partial charge < -0.3 is 19.9 Å². The molecule has 0 spiro atoms. The van der Waals surface area contributed by atoms with Gasteiger partial charge in [0.2, 0.25) is 0 Å². The number of ether oxygens (including phenoxy) is 2. The van der Waals surface area contributed by atoms with E-state index in [-0.39, 0.29) is 5.69 Å². The molecule has 0 aliphatic carbocycles. The Morgan fingerprint density at radius 3 is 2.76 bits per heavy atom. The van der Waals surface area contributed by atoms with Gasteiger partial charge in [-0.3, -0.25) is 14.7 Å². The lowest BCUT2D eigenvalue weighted by Crippen LogP contribution is -2.29. The Balaban J connectivity index is 2.16. The van der Waals surface area contributed by atoms with Crippen LogP contribution >= 0.6 is 0 Å². The average Bonchev–Trinajstić information content (AvgIpc) is 2.49. The zero-order chi connectivity index (χ0) is 15.2. The molecule has 0 atom stereocenters. The molecule has 0 bridgehead atoms. The monoisotopic (exact) mass is 291 g/mol. The molecule has 0 saturated carbocycles. The van der Waals surface area contributed by atoms with E-state index in [1.807, 2.05) is 19.1 Å². The average molecular weight is 291 g/mol. The Bertz CT molecular complexity index is 721. The Hall–Kier alpha value is -2.70. The number of hydrogen-bond acceptors (Lipinski definition) is 5.